The van der Waals surface area contributed by atoms with Gasteiger partial charge in [0.25, 0.3) is 0 Å². The van der Waals surface area contributed by atoms with Gasteiger partial charge in [0.15, 0.2) is 6.29 Å². The van der Waals surface area contributed by atoms with E-state index in [0.29, 0.717) is 17.8 Å². The van der Waals surface area contributed by atoms with E-state index in [9.17, 15) is 9.18 Å². The highest BCUT2D eigenvalue weighted by Crippen LogP contribution is 2.21. The van der Waals surface area contributed by atoms with E-state index in [1.54, 1.807) is 13.8 Å². The first-order chi connectivity index (χ1) is 8.61. The van der Waals surface area contributed by atoms with E-state index in [1.165, 1.54) is 12.1 Å². The molecule has 0 N–H and O–H groups in total. The van der Waals surface area contributed by atoms with Gasteiger partial charge in [-0.1, -0.05) is 5.16 Å². The van der Waals surface area contributed by atoms with Crippen LogP contribution in [0.3, 0.4) is 0 Å². The number of benzene rings is 1. The molecule has 5 heteroatoms. The smallest absolute Gasteiger partial charge is 0.153 e. The zero-order valence-electron chi connectivity index (χ0n) is 10.1. The number of hydrogen-bond donors (Lipinski definition) is 0. The van der Waals surface area contributed by atoms with Crippen LogP contribution in [-0.4, -0.2) is 11.4 Å². The second-order valence-corrected chi connectivity index (χ2v) is 3.89. The molecule has 18 heavy (non-hydrogen) atoms. The van der Waals surface area contributed by atoms with E-state index in [-0.39, 0.29) is 12.2 Å². The number of carbonyl (C=O) groups excluding carboxylic acids is 1. The van der Waals surface area contributed by atoms with Crippen molar-refractivity contribution in [1.29, 1.82) is 0 Å². The van der Waals surface area contributed by atoms with Crippen molar-refractivity contribution < 1.29 is 18.4 Å². The summed E-state index contributed by atoms with van der Waals surface area (Å²) in [5.41, 5.74) is 1.75. The molecule has 94 valence electrons. The van der Waals surface area contributed by atoms with Crippen molar-refractivity contribution in [3.05, 3.63) is 46.6 Å². The van der Waals surface area contributed by atoms with Gasteiger partial charge in [0, 0.05) is 0 Å². The van der Waals surface area contributed by atoms with E-state index in [1.807, 2.05) is 0 Å². The van der Waals surface area contributed by atoms with Gasteiger partial charge in [0.05, 0.1) is 16.8 Å². The molecule has 1 heterocycles. The lowest BCUT2D eigenvalue weighted by molar-refractivity contribution is 0.111. The Morgan fingerprint density at radius 3 is 2.83 bits per heavy atom. The fraction of sp³-hybridized carbons (Fsp3) is 0.231. The number of carbonyl (C=O) groups is 1. The van der Waals surface area contributed by atoms with Crippen LogP contribution in [0, 0.1) is 19.7 Å². The number of nitrogens with zero attached hydrogens (tertiary/aromatic N) is 1. The van der Waals surface area contributed by atoms with Crippen molar-refractivity contribution in [3.8, 4) is 5.75 Å². The van der Waals surface area contributed by atoms with Gasteiger partial charge in [-0.05, 0) is 32.0 Å². The van der Waals surface area contributed by atoms with Crippen LogP contribution in [0.2, 0.25) is 0 Å². The summed E-state index contributed by atoms with van der Waals surface area (Å²) in [7, 11) is 0. The minimum Gasteiger partial charge on any atom is -0.488 e. The number of ether oxygens (including phenoxy) is 1. The fourth-order valence-electron chi connectivity index (χ4n) is 1.60. The molecule has 0 atom stereocenters. The first kappa shape index (κ1) is 12.3. The van der Waals surface area contributed by atoms with E-state index in [2.05, 4.69) is 5.16 Å². The summed E-state index contributed by atoms with van der Waals surface area (Å²) in [6.45, 7) is 3.82. The molecule has 0 saturated heterocycles. The Kier molecular flexibility index (Phi) is 3.41. The highest BCUT2D eigenvalue weighted by Gasteiger charge is 2.11. The molecule has 0 aliphatic heterocycles. The summed E-state index contributed by atoms with van der Waals surface area (Å²) in [5, 5.41) is 3.80. The van der Waals surface area contributed by atoms with Crippen LogP contribution in [0.1, 0.15) is 27.4 Å². The molecule has 0 bridgehead atoms. The zero-order valence-corrected chi connectivity index (χ0v) is 10.1. The third-order valence-corrected chi connectivity index (χ3v) is 2.65. The number of aromatic nitrogens is 1. The van der Waals surface area contributed by atoms with Crippen molar-refractivity contribution in [2.75, 3.05) is 0 Å². The van der Waals surface area contributed by atoms with E-state index in [4.69, 9.17) is 9.26 Å². The maximum atomic E-state index is 12.9. The van der Waals surface area contributed by atoms with Crippen molar-refractivity contribution >= 4 is 6.29 Å². The number of aldehydes is 1. The Morgan fingerprint density at radius 1 is 1.44 bits per heavy atom. The fourth-order valence-corrected chi connectivity index (χ4v) is 1.60. The Bertz CT molecular complexity index is 558. The van der Waals surface area contributed by atoms with Crippen LogP contribution >= 0.6 is 0 Å². The number of halogens is 1. The zero-order chi connectivity index (χ0) is 13.1. The molecule has 0 spiro atoms. The molecule has 0 saturated carbocycles. The molecular formula is C13H12FNO3. The number of rotatable bonds is 4. The van der Waals surface area contributed by atoms with Gasteiger partial charge >= 0.3 is 0 Å². The summed E-state index contributed by atoms with van der Waals surface area (Å²) < 4.78 is 23.4. The van der Waals surface area contributed by atoms with Crippen LogP contribution in [0.25, 0.3) is 0 Å². The quantitative estimate of drug-likeness (QED) is 0.782. The van der Waals surface area contributed by atoms with E-state index in [0.717, 1.165) is 17.3 Å². The molecule has 1 aromatic heterocycles. The van der Waals surface area contributed by atoms with Crippen LogP contribution in [0.5, 0.6) is 5.75 Å². The topological polar surface area (TPSA) is 52.3 Å². The van der Waals surface area contributed by atoms with Gasteiger partial charge in [0.1, 0.15) is 23.9 Å². The Labute approximate surface area is 103 Å². The Balaban J connectivity index is 2.18. The van der Waals surface area contributed by atoms with Gasteiger partial charge in [-0.3, -0.25) is 4.79 Å². The summed E-state index contributed by atoms with van der Waals surface area (Å²) >= 11 is 0. The third-order valence-electron chi connectivity index (χ3n) is 2.65. The highest BCUT2D eigenvalue weighted by atomic mass is 19.1. The average molecular weight is 249 g/mol. The molecule has 2 rings (SSSR count). The van der Waals surface area contributed by atoms with Gasteiger partial charge in [-0.25, -0.2) is 4.39 Å². The van der Waals surface area contributed by atoms with Crippen molar-refractivity contribution in [1.82, 2.24) is 5.16 Å². The monoisotopic (exact) mass is 249 g/mol. The Hall–Kier alpha value is -2.17. The van der Waals surface area contributed by atoms with Gasteiger partial charge < -0.3 is 9.26 Å². The first-order valence-corrected chi connectivity index (χ1v) is 5.41. The second-order valence-electron chi connectivity index (χ2n) is 3.89. The maximum absolute atomic E-state index is 12.9. The van der Waals surface area contributed by atoms with Crippen LogP contribution in [0.15, 0.2) is 22.7 Å². The molecule has 2 aromatic rings. The lowest BCUT2D eigenvalue weighted by Gasteiger charge is -2.07. The Morgan fingerprint density at radius 2 is 2.22 bits per heavy atom. The maximum Gasteiger partial charge on any atom is 0.153 e. The highest BCUT2D eigenvalue weighted by molar-refractivity contribution is 5.79. The molecule has 4 nitrogen and oxygen atoms in total. The van der Waals surface area contributed by atoms with Gasteiger partial charge in [-0.15, -0.1) is 0 Å². The molecule has 0 unspecified atom stereocenters. The summed E-state index contributed by atoms with van der Waals surface area (Å²) in [4.78, 5) is 10.8. The van der Waals surface area contributed by atoms with E-state index >= 15 is 0 Å². The molecule has 1 aromatic carbocycles. The summed E-state index contributed by atoms with van der Waals surface area (Å²) in [6, 6.07) is 3.81. The minimum absolute atomic E-state index is 0.182. The molecular weight excluding hydrogens is 237 g/mol. The lowest BCUT2D eigenvalue weighted by atomic mass is 10.2. The third kappa shape index (κ3) is 2.40. The molecule has 0 amide bonds. The predicted molar refractivity (Wildman–Crippen MR) is 62.1 cm³/mol. The number of aryl methyl sites for hydroxylation is 2. The van der Waals surface area contributed by atoms with Gasteiger partial charge in [0.2, 0.25) is 0 Å². The lowest BCUT2D eigenvalue weighted by Crippen LogP contribution is -2.00. The summed E-state index contributed by atoms with van der Waals surface area (Å²) in [6.07, 6.45) is 0.561. The van der Waals surface area contributed by atoms with Crippen molar-refractivity contribution in [2.24, 2.45) is 0 Å². The minimum atomic E-state index is -0.471. The second kappa shape index (κ2) is 5.00. The predicted octanol–water partition coefficient (Wildman–Crippen LogP) is 2.82. The largest absolute Gasteiger partial charge is 0.488 e. The molecule has 0 radical (unpaired) electrons. The molecule has 0 fully saturated rings. The normalized spacial score (nSPS) is 10.4. The molecule has 0 aliphatic rings. The standard InChI is InChI=1S/C13H12FNO3/c1-8-12(9(2)18-15-8)7-17-13-4-3-11(14)5-10(13)6-16/h3-6H,7H2,1-2H3. The van der Waals surface area contributed by atoms with Crippen molar-refractivity contribution in [2.45, 2.75) is 20.5 Å². The number of hydrogen-bond acceptors (Lipinski definition) is 4. The summed E-state index contributed by atoms with van der Waals surface area (Å²) in [5.74, 6) is 0.537. The van der Waals surface area contributed by atoms with Crippen molar-refractivity contribution in [3.63, 3.8) is 0 Å². The SMILES string of the molecule is Cc1noc(C)c1COc1ccc(F)cc1C=O. The van der Waals surface area contributed by atoms with Crippen LogP contribution in [-0.2, 0) is 6.61 Å². The van der Waals surface area contributed by atoms with Crippen LogP contribution in [0.4, 0.5) is 4.39 Å². The first-order valence-electron chi connectivity index (χ1n) is 5.41. The van der Waals surface area contributed by atoms with Crippen LogP contribution < -0.4 is 4.74 Å². The average Bonchev–Trinajstić information content (AvgIpc) is 2.68. The van der Waals surface area contributed by atoms with Gasteiger partial charge in [-0.2, -0.15) is 0 Å². The van der Waals surface area contributed by atoms with E-state index < -0.39 is 5.82 Å². The molecule has 0 aliphatic carbocycles.